The molecule has 21 heavy (non-hydrogen) atoms. The van der Waals surface area contributed by atoms with Crippen LogP contribution in [0.4, 0.5) is 0 Å². The summed E-state index contributed by atoms with van der Waals surface area (Å²) in [6, 6.07) is 0. The number of allylic oxidation sites excluding steroid dienone is 2. The molecule has 2 fully saturated rings. The van der Waals surface area contributed by atoms with Crippen LogP contribution in [0.1, 0.15) is 79.6 Å². The molecule has 0 aliphatic heterocycles. The van der Waals surface area contributed by atoms with Gasteiger partial charge in [-0.05, 0) is 61.2 Å². The zero-order chi connectivity index (χ0) is 15.8. The van der Waals surface area contributed by atoms with Crippen LogP contribution in [0.2, 0.25) is 0 Å². The summed E-state index contributed by atoms with van der Waals surface area (Å²) in [5.41, 5.74) is 3.63. The summed E-state index contributed by atoms with van der Waals surface area (Å²) in [5, 5.41) is 0. The molecule has 0 bridgehead atoms. The second-order valence-electron chi connectivity index (χ2n) is 8.72. The Morgan fingerprint density at radius 2 is 1.62 bits per heavy atom. The van der Waals surface area contributed by atoms with Crippen molar-refractivity contribution < 1.29 is 0 Å². The third kappa shape index (κ3) is 2.88. The summed E-state index contributed by atoms with van der Waals surface area (Å²) < 4.78 is 0. The van der Waals surface area contributed by atoms with E-state index in [9.17, 15) is 0 Å². The predicted molar refractivity (Wildman–Crippen MR) is 94.3 cm³/mol. The van der Waals surface area contributed by atoms with E-state index in [1.165, 1.54) is 56.1 Å². The van der Waals surface area contributed by atoms with Gasteiger partial charge in [0.1, 0.15) is 0 Å². The fourth-order valence-corrected chi connectivity index (χ4v) is 5.58. The highest BCUT2D eigenvalue weighted by atomic mass is 14.5. The minimum Gasteiger partial charge on any atom is -0.0998 e. The van der Waals surface area contributed by atoms with Crippen molar-refractivity contribution in [3.63, 3.8) is 0 Å². The second-order valence-corrected chi connectivity index (χ2v) is 8.72. The van der Waals surface area contributed by atoms with E-state index in [-0.39, 0.29) is 5.41 Å². The molecule has 2 rings (SSSR count). The molecule has 4 atom stereocenters. The van der Waals surface area contributed by atoms with Gasteiger partial charge in [0.25, 0.3) is 0 Å². The zero-order valence-corrected chi connectivity index (χ0v) is 15.1. The van der Waals surface area contributed by atoms with E-state index < -0.39 is 0 Å². The standard InChI is InChI=1S/C21H36/c1-15(2)19-16(3)11-14-21(19,7)18(5)17(4)20(6)12-9-8-10-13-20/h16-17,19H,1,5,8-14H2,2-4,6-7H3. The molecule has 0 amide bonds. The molecular formula is C21H36. The molecule has 0 radical (unpaired) electrons. The Hall–Kier alpha value is -0.520. The van der Waals surface area contributed by atoms with Gasteiger partial charge < -0.3 is 0 Å². The van der Waals surface area contributed by atoms with Gasteiger partial charge in [0.2, 0.25) is 0 Å². The lowest BCUT2D eigenvalue weighted by Gasteiger charge is -2.46. The van der Waals surface area contributed by atoms with Gasteiger partial charge in [-0.15, -0.1) is 0 Å². The fraction of sp³-hybridized carbons (Fsp3) is 0.810. The lowest BCUT2D eigenvalue weighted by Crippen LogP contribution is -2.37. The molecule has 0 heterocycles. The van der Waals surface area contributed by atoms with Crippen molar-refractivity contribution in [2.75, 3.05) is 0 Å². The largest absolute Gasteiger partial charge is 0.0998 e. The van der Waals surface area contributed by atoms with Gasteiger partial charge in [-0.3, -0.25) is 0 Å². The number of rotatable bonds is 4. The Bertz CT molecular complexity index is 410. The summed E-state index contributed by atoms with van der Waals surface area (Å²) in [7, 11) is 0. The van der Waals surface area contributed by atoms with Crippen LogP contribution in [0.25, 0.3) is 0 Å². The van der Waals surface area contributed by atoms with E-state index in [4.69, 9.17) is 0 Å². The Labute approximate surface area is 133 Å². The topological polar surface area (TPSA) is 0 Å². The third-order valence-electron chi connectivity index (χ3n) is 7.20. The Kier molecular flexibility index (Phi) is 4.76. The predicted octanol–water partition coefficient (Wildman–Crippen LogP) is 6.78. The molecule has 2 saturated carbocycles. The van der Waals surface area contributed by atoms with Crippen LogP contribution in [-0.2, 0) is 0 Å². The molecule has 2 aliphatic carbocycles. The minimum atomic E-state index is 0.269. The van der Waals surface area contributed by atoms with E-state index in [0.717, 1.165) is 5.92 Å². The number of hydrogen-bond acceptors (Lipinski definition) is 0. The summed E-state index contributed by atoms with van der Waals surface area (Å²) in [6.45, 7) is 21.0. The summed E-state index contributed by atoms with van der Waals surface area (Å²) in [6.07, 6.45) is 9.64. The average molecular weight is 289 g/mol. The first-order valence-corrected chi connectivity index (χ1v) is 9.07. The lowest BCUT2D eigenvalue weighted by molar-refractivity contribution is 0.126. The molecule has 0 aromatic heterocycles. The molecule has 0 heteroatoms. The molecule has 0 N–H and O–H groups in total. The summed E-state index contributed by atoms with van der Waals surface area (Å²) in [4.78, 5) is 0. The highest BCUT2D eigenvalue weighted by Crippen LogP contribution is 2.58. The van der Waals surface area contributed by atoms with Crippen molar-refractivity contribution >= 4 is 0 Å². The minimum absolute atomic E-state index is 0.269. The lowest BCUT2D eigenvalue weighted by atomic mass is 9.58. The molecular weight excluding hydrogens is 252 g/mol. The van der Waals surface area contributed by atoms with E-state index in [2.05, 4.69) is 47.8 Å². The quantitative estimate of drug-likeness (QED) is 0.500. The van der Waals surface area contributed by atoms with E-state index in [1.54, 1.807) is 0 Å². The molecule has 0 aromatic rings. The van der Waals surface area contributed by atoms with E-state index >= 15 is 0 Å². The van der Waals surface area contributed by atoms with Crippen LogP contribution in [0.3, 0.4) is 0 Å². The molecule has 0 nitrogen and oxygen atoms in total. The van der Waals surface area contributed by atoms with Crippen LogP contribution >= 0.6 is 0 Å². The van der Waals surface area contributed by atoms with Crippen molar-refractivity contribution in [3.8, 4) is 0 Å². The molecule has 4 unspecified atom stereocenters. The normalized spacial score (nSPS) is 37.2. The third-order valence-corrected chi connectivity index (χ3v) is 7.20. The van der Waals surface area contributed by atoms with Gasteiger partial charge >= 0.3 is 0 Å². The molecule has 0 spiro atoms. The maximum atomic E-state index is 4.65. The van der Waals surface area contributed by atoms with Crippen LogP contribution in [0.5, 0.6) is 0 Å². The Morgan fingerprint density at radius 3 is 2.14 bits per heavy atom. The second kappa shape index (κ2) is 5.94. The molecule has 120 valence electrons. The van der Waals surface area contributed by atoms with Gasteiger partial charge in [-0.1, -0.05) is 71.3 Å². The first kappa shape index (κ1) is 16.8. The Balaban J connectivity index is 2.23. The zero-order valence-electron chi connectivity index (χ0n) is 15.1. The first-order chi connectivity index (χ1) is 9.72. The van der Waals surface area contributed by atoms with Crippen molar-refractivity contribution in [3.05, 3.63) is 24.3 Å². The van der Waals surface area contributed by atoms with E-state index in [0.29, 0.717) is 17.3 Å². The highest BCUT2D eigenvalue weighted by molar-refractivity contribution is 5.24. The van der Waals surface area contributed by atoms with Crippen molar-refractivity contribution in [1.29, 1.82) is 0 Å². The van der Waals surface area contributed by atoms with Crippen molar-refractivity contribution in [1.82, 2.24) is 0 Å². The van der Waals surface area contributed by atoms with Crippen LogP contribution in [0, 0.1) is 28.6 Å². The van der Waals surface area contributed by atoms with Crippen LogP contribution in [0.15, 0.2) is 24.3 Å². The van der Waals surface area contributed by atoms with Crippen molar-refractivity contribution in [2.45, 2.75) is 79.6 Å². The van der Waals surface area contributed by atoms with Crippen molar-refractivity contribution in [2.24, 2.45) is 28.6 Å². The Morgan fingerprint density at radius 1 is 1.05 bits per heavy atom. The molecule has 0 aromatic carbocycles. The van der Waals surface area contributed by atoms with Gasteiger partial charge in [0.15, 0.2) is 0 Å². The molecule has 0 saturated heterocycles. The maximum absolute atomic E-state index is 4.65. The summed E-state index contributed by atoms with van der Waals surface area (Å²) in [5.74, 6) is 2.02. The van der Waals surface area contributed by atoms with Gasteiger partial charge in [-0.2, -0.15) is 0 Å². The van der Waals surface area contributed by atoms with Gasteiger partial charge in [0.05, 0.1) is 0 Å². The SMILES string of the molecule is C=C(C)C1C(C)CCC1(C)C(=C)C(C)C1(C)CCCCC1. The maximum Gasteiger partial charge on any atom is -0.00484 e. The van der Waals surface area contributed by atoms with Gasteiger partial charge in [-0.25, -0.2) is 0 Å². The van der Waals surface area contributed by atoms with Crippen LogP contribution in [-0.4, -0.2) is 0 Å². The fourth-order valence-electron chi connectivity index (χ4n) is 5.58. The summed E-state index contributed by atoms with van der Waals surface area (Å²) >= 11 is 0. The monoisotopic (exact) mass is 288 g/mol. The number of hydrogen-bond donors (Lipinski definition) is 0. The average Bonchev–Trinajstić information content (AvgIpc) is 2.74. The van der Waals surface area contributed by atoms with Crippen LogP contribution < -0.4 is 0 Å². The molecule has 2 aliphatic rings. The first-order valence-electron chi connectivity index (χ1n) is 9.07. The van der Waals surface area contributed by atoms with E-state index in [1.807, 2.05) is 0 Å². The van der Waals surface area contributed by atoms with Gasteiger partial charge in [0, 0.05) is 0 Å². The smallest absolute Gasteiger partial charge is 0.00484 e. The highest BCUT2D eigenvalue weighted by Gasteiger charge is 2.48.